The number of sulfonamides is 1. The van der Waals surface area contributed by atoms with Crippen LogP contribution >= 0.6 is 11.8 Å². The fourth-order valence-electron chi connectivity index (χ4n) is 3.07. The van der Waals surface area contributed by atoms with Gasteiger partial charge in [-0.15, -0.1) is 0 Å². The quantitative estimate of drug-likeness (QED) is 0.234. The average molecular weight is 530 g/mol. The topological polar surface area (TPSA) is 117 Å². The Hall–Kier alpha value is -2.31. The maximum atomic E-state index is 13.9. The molecule has 12 heteroatoms. The first-order valence-corrected chi connectivity index (χ1v) is 13.7. The molecule has 0 saturated heterocycles. The van der Waals surface area contributed by atoms with Gasteiger partial charge < -0.3 is 10.4 Å². The zero-order valence-corrected chi connectivity index (χ0v) is 22.0. The van der Waals surface area contributed by atoms with Crippen LogP contribution in [-0.4, -0.2) is 52.8 Å². The summed E-state index contributed by atoms with van der Waals surface area (Å²) in [7, 11) is -4.18. The molecule has 3 N–H and O–H groups in total. The van der Waals surface area contributed by atoms with Gasteiger partial charge in [0.1, 0.15) is 0 Å². The second-order valence-corrected chi connectivity index (χ2v) is 11.9. The molecule has 0 bridgehead atoms. The van der Waals surface area contributed by atoms with E-state index in [1.165, 1.54) is 11.8 Å². The monoisotopic (exact) mass is 529 g/mol. The first-order chi connectivity index (χ1) is 16.3. The molecule has 0 aliphatic heterocycles. The van der Waals surface area contributed by atoms with E-state index in [1.54, 1.807) is 0 Å². The van der Waals surface area contributed by atoms with Crippen LogP contribution in [0.15, 0.2) is 47.6 Å². The largest absolute Gasteiger partial charge is 0.394 e. The molecule has 0 aliphatic rings. The molecule has 1 unspecified atom stereocenters. The molecule has 1 heterocycles. The highest BCUT2D eigenvalue weighted by molar-refractivity contribution is 7.99. The van der Waals surface area contributed by atoms with Gasteiger partial charge in [0, 0.05) is 11.7 Å². The Balaban J connectivity index is 2.30. The van der Waals surface area contributed by atoms with E-state index in [0.717, 1.165) is 12.5 Å². The van der Waals surface area contributed by atoms with E-state index in [9.17, 15) is 22.3 Å². The molecule has 0 fully saturated rings. The predicted octanol–water partition coefficient (Wildman–Crippen LogP) is 4.89. The summed E-state index contributed by atoms with van der Waals surface area (Å²) >= 11 is 1.29. The van der Waals surface area contributed by atoms with Crippen molar-refractivity contribution in [1.82, 2.24) is 15.0 Å². The number of alkyl halides is 2. The zero-order valence-electron chi connectivity index (χ0n) is 20.3. The average Bonchev–Trinajstić information content (AvgIpc) is 2.77. The number of benzene rings is 1. The van der Waals surface area contributed by atoms with Crippen LogP contribution < -0.4 is 10.0 Å². The molecule has 0 radical (unpaired) electrons. The Labute approximate surface area is 210 Å². The van der Waals surface area contributed by atoms with Crippen LogP contribution in [0, 0.1) is 5.92 Å². The molecule has 194 valence electrons. The molecule has 0 aliphatic carbocycles. The van der Waals surface area contributed by atoms with E-state index in [4.69, 9.17) is 0 Å². The number of hydrogen-bond donors (Lipinski definition) is 3. The van der Waals surface area contributed by atoms with E-state index in [-0.39, 0.29) is 40.9 Å². The first-order valence-electron chi connectivity index (χ1n) is 11.2. The molecule has 35 heavy (non-hydrogen) atoms. The summed E-state index contributed by atoms with van der Waals surface area (Å²) in [4.78, 5) is 12.7. The van der Waals surface area contributed by atoms with Gasteiger partial charge >= 0.3 is 0 Å². The Morgan fingerprint density at radius 3 is 2.34 bits per heavy atom. The number of aromatic nitrogens is 3. The van der Waals surface area contributed by atoms with E-state index >= 15 is 0 Å². The number of nitrogens with zero attached hydrogens (tertiary/aromatic N) is 3. The van der Waals surface area contributed by atoms with Gasteiger partial charge in [-0.05, 0) is 37.3 Å². The highest BCUT2D eigenvalue weighted by atomic mass is 32.2. The van der Waals surface area contributed by atoms with Crippen LogP contribution in [0.3, 0.4) is 0 Å². The molecule has 2 rings (SSSR count). The van der Waals surface area contributed by atoms with Gasteiger partial charge in [-0.25, -0.2) is 17.2 Å². The highest BCUT2D eigenvalue weighted by Gasteiger charge is 2.32. The third kappa shape index (κ3) is 9.69. The Morgan fingerprint density at radius 2 is 1.77 bits per heavy atom. The van der Waals surface area contributed by atoms with Gasteiger partial charge in [0.15, 0.2) is 5.16 Å². The van der Waals surface area contributed by atoms with E-state index in [0.29, 0.717) is 6.42 Å². The van der Waals surface area contributed by atoms with Crippen molar-refractivity contribution in [3.63, 3.8) is 0 Å². The summed E-state index contributed by atoms with van der Waals surface area (Å²) in [5.74, 6) is -4.08. The maximum absolute atomic E-state index is 13.9. The standard InChI is InChI=1S/C23H33F2N5O3S2/c1-15(2)13-19(14-31)26-20-27-21(30-35(32,33)12-11-23(24,25)16(3)4)29-22(28-20)34-17(5)18-9-7-6-8-10-18/h6-10,15,17,19,31H,3,11-14H2,1-2,4-5H3,(H2,26,27,28,29,30)/t17?,19-/m1/s1. The van der Waals surface area contributed by atoms with Crippen LogP contribution in [0.1, 0.15) is 51.3 Å². The van der Waals surface area contributed by atoms with Gasteiger partial charge in [-0.3, -0.25) is 4.72 Å². The summed E-state index contributed by atoms with van der Waals surface area (Å²) in [6, 6.07) is 9.26. The van der Waals surface area contributed by atoms with Gasteiger partial charge in [-0.2, -0.15) is 15.0 Å². The van der Waals surface area contributed by atoms with Crippen molar-refractivity contribution in [3.8, 4) is 0 Å². The number of aliphatic hydroxyl groups is 1. The molecule has 1 aromatic heterocycles. The lowest BCUT2D eigenvalue weighted by Crippen LogP contribution is -2.28. The fourth-order valence-corrected chi connectivity index (χ4v) is 4.95. The molecule has 0 spiro atoms. The van der Waals surface area contributed by atoms with Crippen LogP contribution in [0.25, 0.3) is 0 Å². The normalized spacial score (nSPS) is 13.9. The van der Waals surface area contributed by atoms with Gasteiger partial charge in [0.05, 0.1) is 18.4 Å². The molecule has 2 atom stereocenters. The number of anilines is 2. The number of nitrogens with one attached hydrogen (secondary N) is 2. The van der Waals surface area contributed by atoms with Crippen molar-refractivity contribution in [2.75, 3.05) is 22.4 Å². The van der Waals surface area contributed by atoms with Crippen LogP contribution in [-0.2, 0) is 10.0 Å². The molecule has 8 nitrogen and oxygen atoms in total. The second kappa shape index (κ2) is 12.6. The lowest BCUT2D eigenvalue weighted by Gasteiger charge is -2.19. The summed E-state index contributed by atoms with van der Waals surface area (Å²) in [6.45, 7) is 10.1. The Bertz CT molecular complexity index is 1090. The number of aliphatic hydroxyl groups excluding tert-OH is 1. The third-order valence-corrected chi connectivity index (χ3v) is 7.29. The first kappa shape index (κ1) is 28.9. The van der Waals surface area contributed by atoms with Gasteiger partial charge in [0.25, 0.3) is 5.92 Å². The minimum Gasteiger partial charge on any atom is -0.394 e. The lowest BCUT2D eigenvalue weighted by molar-refractivity contribution is 0.0390. The van der Waals surface area contributed by atoms with Crippen LogP contribution in [0.4, 0.5) is 20.7 Å². The minimum atomic E-state index is -4.18. The number of rotatable bonds is 14. The summed E-state index contributed by atoms with van der Waals surface area (Å²) in [6.07, 6.45) is -0.288. The molecule has 0 saturated carbocycles. The molecule has 2 aromatic rings. The number of allylic oxidation sites excluding steroid dienone is 1. The molecular weight excluding hydrogens is 496 g/mol. The van der Waals surface area contributed by atoms with Crippen molar-refractivity contribution >= 4 is 33.7 Å². The summed E-state index contributed by atoms with van der Waals surface area (Å²) < 4.78 is 55.0. The predicted molar refractivity (Wildman–Crippen MR) is 136 cm³/mol. The lowest BCUT2D eigenvalue weighted by atomic mass is 10.0. The van der Waals surface area contributed by atoms with Crippen molar-refractivity contribution < 1.29 is 22.3 Å². The Morgan fingerprint density at radius 1 is 1.14 bits per heavy atom. The van der Waals surface area contributed by atoms with E-state index < -0.39 is 33.7 Å². The number of hydrogen-bond acceptors (Lipinski definition) is 8. The molecule has 1 aromatic carbocycles. The maximum Gasteiger partial charge on any atom is 0.269 e. The van der Waals surface area contributed by atoms with Crippen LogP contribution in [0.2, 0.25) is 0 Å². The number of thioether (sulfide) groups is 1. The Kier molecular flexibility index (Phi) is 10.4. The van der Waals surface area contributed by atoms with Crippen molar-refractivity contribution in [1.29, 1.82) is 0 Å². The number of halogens is 2. The van der Waals surface area contributed by atoms with Gasteiger partial charge in [0.2, 0.25) is 21.9 Å². The molecular formula is C23H33F2N5O3S2. The van der Waals surface area contributed by atoms with E-state index in [1.807, 2.05) is 51.1 Å². The summed E-state index contributed by atoms with van der Waals surface area (Å²) in [5, 5.41) is 12.9. The molecule has 0 amide bonds. The SMILES string of the molecule is C=C(C)C(F)(F)CCS(=O)(=O)Nc1nc(N[C@@H](CO)CC(C)C)nc(SC(C)c2ccccc2)n1. The zero-order chi connectivity index (χ0) is 26.2. The second-order valence-electron chi connectivity index (χ2n) is 8.75. The minimum absolute atomic E-state index is 0.0607. The van der Waals surface area contributed by atoms with Crippen LogP contribution in [0.5, 0.6) is 0 Å². The summed E-state index contributed by atoms with van der Waals surface area (Å²) in [5.41, 5.74) is 0.609. The third-order valence-electron chi connectivity index (χ3n) is 5.03. The van der Waals surface area contributed by atoms with Crippen molar-refractivity contribution in [2.45, 2.75) is 62.9 Å². The van der Waals surface area contributed by atoms with E-state index in [2.05, 4.69) is 31.6 Å². The smallest absolute Gasteiger partial charge is 0.269 e. The van der Waals surface area contributed by atoms with Gasteiger partial charge in [-0.1, -0.05) is 62.5 Å². The van der Waals surface area contributed by atoms with Crippen molar-refractivity contribution in [2.24, 2.45) is 5.92 Å². The highest BCUT2D eigenvalue weighted by Crippen LogP contribution is 2.33. The fraction of sp³-hybridized carbons (Fsp3) is 0.522. The van der Waals surface area contributed by atoms with Crippen molar-refractivity contribution in [3.05, 3.63) is 48.0 Å².